The molecule has 0 aliphatic carbocycles. The molecule has 0 amide bonds. The van der Waals surface area contributed by atoms with Crippen LogP contribution in [0.2, 0.25) is 0 Å². The highest BCUT2D eigenvalue weighted by atomic mass is 16.5. The van der Waals surface area contributed by atoms with E-state index in [9.17, 15) is 0 Å². The minimum Gasteiger partial charge on any atom is -0.493 e. The number of nitrogens with zero attached hydrogens (tertiary/aromatic N) is 1. The van der Waals surface area contributed by atoms with Crippen LogP contribution < -0.4 is 14.8 Å². The van der Waals surface area contributed by atoms with Crippen LogP contribution in [-0.4, -0.2) is 44.8 Å². The maximum Gasteiger partial charge on any atom is 0.161 e. The van der Waals surface area contributed by atoms with Crippen LogP contribution >= 0.6 is 0 Å². The highest BCUT2D eigenvalue weighted by Crippen LogP contribution is 2.28. The number of hydrogen-bond donors (Lipinski definition) is 1. The second-order valence-corrected chi connectivity index (χ2v) is 5.68. The number of methoxy groups -OCH3 is 1. The molecule has 1 saturated heterocycles. The molecule has 0 radical (unpaired) electrons. The minimum atomic E-state index is 0.655. The normalized spacial score (nSPS) is 19.5. The number of likely N-dealkylation sites (tertiary alicyclic amines) is 1. The predicted octanol–water partition coefficient (Wildman–Crippen LogP) is 2.67. The number of piperidine rings is 1. The summed E-state index contributed by atoms with van der Waals surface area (Å²) in [6.45, 7) is 5.78. The van der Waals surface area contributed by atoms with Gasteiger partial charge in [0.2, 0.25) is 0 Å². The average molecular weight is 292 g/mol. The molecule has 21 heavy (non-hydrogen) atoms. The van der Waals surface area contributed by atoms with Crippen LogP contribution in [0.15, 0.2) is 18.2 Å². The highest BCUT2D eigenvalue weighted by molar-refractivity contribution is 5.42. The molecule has 2 rings (SSSR count). The molecular formula is C17H28N2O2. The van der Waals surface area contributed by atoms with Crippen molar-refractivity contribution in [1.82, 2.24) is 10.2 Å². The van der Waals surface area contributed by atoms with E-state index in [1.54, 1.807) is 7.11 Å². The summed E-state index contributed by atoms with van der Waals surface area (Å²) in [7, 11) is 3.91. The van der Waals surface area contributed by atoms with Crippen molar-refractivity contribution in [3.8, 4) is 11.5 Å². The SMILES string of the molecule is CCOc1ccc(CNCC2CCCCN2C)cc1OC. The lowest BCUT2D eigenvalue weighted by molar-refractivity contribution is 0.181. The molecule has 1 heterocycles. The van der Waals surface area contributed by atoms with Crippen molar-refractivity contribution < 1.29 is 9.47 Å². The summed E-state index contributed by atoms with van der Waals surface area (Å²) in [4.78, 5) is 2.47. The molecule has 1 atom stereocenters. The molecule has 118 valence electrons. The quantitative estimate of drug-likeness (QED) is 0.838. The molecule has 1 unspecified atom stereocenters. The number of rotatable bonds is 7. The average Bonchev–Trinajstić information content (AvgIpc) is 2.51. The first-order valence-electron chi connectivity index (χ1n) is 7.95. The van der Waals surface area contributed by atoms with E-state index in [0.717, 1.165) is 24.6 Å². The molecule has 0 aromatic heterocycles. The topological polar surface area (TPSA) is 33.7 Å². The van der Waals surface area contributed by atoms with Gasteiger partial charge in [0.1, 0.15) is 0 Å². The van der Waals surface area contributed by atoms with Crippen molar-refractivity contribution in [2.45, 2.75) is 38.8 Å². The zero-order valence-corrected chi connectivity index (χ0v) is 13.5. The predicted molar refractivity (Wildman–Crippen MR) is 86.1 cm³/mol. The molecule has 1 aromatic rings. The first-order valence-corrected chi connectivity index (χ1v) is 7.95. The lowest BCUT2D eigenvalue weighted by atomic mass is 10.0. The Bertz CT molecular complexity index is 437. The van der Waals surface area contributed by atoms with Crippen molar-refractivity contribution in [2.24, 2.45) is 0 Å². The number of ether oxygens (including phenoxy) is 2. The third kappa shape index (κ3) is 4.61. The summed E-state index contributed by atoms with van der Waals surface area (Å²) in [6, 6.07) is 6.82. The van der Waals surface area contributed by atoms with Gasteiger partial charge in [0.15, 0.2) is 11.5 Å². The Balaban J connectivity index is 1.85. The molecule has 1 fully saturated rings. The van der Waals surface area contributed by atoms with Gasteiger partial charge in [-0.15, -0.1) is 0 Å². The molecule has 1 aromatic carbocycles. The Hall–Kier alpha value is -1.26. The van der Waals surface area contributed by atoms with E-state index in [-0.39, 0.29) is 0 Å². The van der Waals surface area contributed by atoms with Crippen molar-refractivity contribution in [1.29, 1.82) is 0 Å². The van der Waals surface area contributed by atoms with Crippen LogP contribution in [0.5, 0.6) is 11.5 Å². The van der Waals surface area contributed by atoms with Crippen LogP contribution in [0.3, 0.4) is 0 Å². The first-order chi connectivity index (χ1) is 10.2. The number of nitrogens with one attached hydrogen (secondary N) is 1. The van der Waals surface area contributed by atoms with Crippen molar-refractivity contribution in [3.63, 3.8) is 0 Å². The second kappa shape index (κ2) is 8.25. The Morgan fingerprint density at radius 3 is 2.86 bits per heavy atom. The van der Waals surface area contributed by atoms with Crippen molar-refractivity contribution >= 4 is 0 Å². The fourth-order valence-corrected chi connectivity index (χ4v) is 2.88. The van der Waals surface area contributed by atoms with Crippen molar-refractivity contribution in [2.75, 3.05) is 33.9 Å². The minimum absolute atomic E-state index is 0.655. The first kappa shape index (κ1) is 16.1. The molecule has 0 bridgehead atoms. The molecule has 0 spiro atoms. The zero-order chi connectivity index (χ0) is 15.1. The van der Waals surface area contributed by atoms with Gasteiger partial charge in [0.05, 0.1) is 13.7 Å². The lowest BCUT2D eigenvalue weighted by Crippen LogP contribution is -2.42. The lowest BCUT2D eigenvalue weighted by Gasteiger charge is -2.32. The maximum absolute atomic E-state index is 5.54. The summed E-state index contributed by atoms with van der Waals surface area (Å²) >= 11 is 0. The fourth-order valence-electron chi connectivity index (χ4n) is 2.88. The van der Waals surface area contributed by atoms with E-state index in [1.165, 1.54) is 31.4 Å². The third-order valence-corrected chi connectivity index (χ3v) is 4.16. The van der Waals surface area contributed by atoms with Gasteiger partial charge in [-0.05, 0) is 51.1 Å². The summed E-state index contributed by atoms with van der Waals surface area (Å²) in [5.74, 6) is 1.63. The molecule has 0 saturated carbocycles. The summed E-state index contributed by atoms with van der Waals surface area (Å²) in [5.41, 5.74) is 1.23. The fraction of sp³-hybridized carbons (Fsp3) is 0.647. The zero-order valence-electron chi connectivity index (χ0n) is 13.5. The maximum atomic E-state index is 5.54. The van der Waals surface area contributed by atoms with Gasteiger partial charge in [-0.25, -0.2) is 0 Å². The number of benzene rings is 1. The van der Waals surface area contributed by atoms with Crippen LogP contribution in [0, 0.1) is 0 Å². The number of likely N-dealkylation sites (N-methyl/N-ethyl adjacent to an activating group) is 1. The van der Waals surface area contributed by atoms with Gasteiger partial charge < -0.3 is 19.7 Å². The second-order valence-electron chi connectivity index (χ2n) is 5.68. The molecule has 4 nitrogen and oxygen atoms in total. The standard InChI is InChI=1S/C17H28N2O2/c1-4-21-16-9-8-14(11-17(16)20-3)12-18-13-15-7-5-6-10-19(15)2/h8-9,11,15,18H,4-7,10,12-13H2,1-3H3. The molecule has 1 aliphatic rings. The summed E-state index contributed by atoms with van der Waals surface area (Å²) < 4.78 is 10.9. The molecular weight excluding hydrogens is 264 g/mol. The molecule has 1 aliphatic heterocycles. The van der Waals surface area contributed by atoms with Gasteiger partial charge >= 0.3 is 0 Å². The van der Waals surface area contributed by atoms with Gasteiger partial charge in [-0.1, -0.05) is 12.5 Å². The highest BCUT2D eigenvalue weighted by Gasteiger charge is 2.18. The van der Waals surface area contributed by atoms with Gasteiger partial charge in [-0.2, -0.15) is 0 Å². The monoisotopic (exact) mass is 292 g/mol. The molecule has 1 N–H and O–H groups in total. The van der Waals surface area contributed by atoms with E-state index in [2.05, 4.69) is 29.4 Å². The Morgan fingerprint density at radius 1 is 1.29 bits per heavy atom. The van der Waals surface area contributed by atoms with E-state index >= 15 is 0 Å². The van der Waals surface area contributed by atoms with E-state index in [4.69, 9.17) is 9.47 Å². The van der Waals surface area contributed by atoms with Gasteiger partial charge in [-0.3, -0.25) is 0 Å². The number of hydrogen-bond acceptors (Lipinski definition) is 4. The largest absolute Gasteiger partial charge is 0.493 e. The van der Waals surface area contributed by atoms with Crippen molar-refractivity contribution in [3.05, 3.63) is 23.8 Å². The third-order valence-electron chi connectivity index (χ3n) is 4.16. The van der Waals surface area contributed by atoms with Gasteiger partial charge in [0.25, 0.3) is 0 Å². The van der Waals surface area contributed by atoms with Crippen LogP contribution in [0.25, 0.3) is 0 Å². The van der Waals surface area contributed by atoms with Crippen LogP contribution in [0.1, 0.15) is 31.7 Å². The Labute approximate surface area is 128 Å². The summed E-state index contributed by atoms with van der Waals surface area (Å²) in [6.07, 6.45) is 3.99. The van der Waals surface area contributed by atoms with E-state index in [1.807, 2.05) is 13.0 Å². The van der Waals surface area contributed by atoms with E-state index in [0.29, 0.717) is 12.6 Å². The van der Waals surface area contributed by atoms with Crippen LogP contribution in [-0.2, 0) is 6.54 Å². The Kier molecular flexibility index (Phi) is 6.33. The van der Waals surface area contributed by atoms with Gasteiger partial charge in [0, 0.05) is 19.1 Å². The van der Waals surface area contributed by atoms with E-state index < -0.39 is 0 Å². The smallest absolute Gasteiger partial charge is 0.161 e. The molecule has 4 heteroatoms. The summed E-state index contributed by atoms with van der Waals surface area (Å²) in [5, 5.41) is 3.57. The Morgan fingerprint density at radius 2 is 2.14 bits per heavy atom. The van der Waals surface area contributed by atoms with Crippen LogP contribution in [0.4, 0.5) is 0 Å².